The minimum absolute atomic E-state index is 0.0842. The number of anilines is 1. The summed E-state index contributed by atoms with van der Waals surface area (Å²) >= 11 is 0. The molecule has 0 saturated carbocycles. The Labute approximate surface area is 239 Å². The summed E-state index contributed by atoms with van der Waals surface area (Å²) in [5.74, 6) is -0.404. The van der Waals surface area contributed by atoms with Crippen LogP contribution in [0.4, 0.5) is 5.69 Å². The number of aryl methyl sites for hydroxylation is 2. The molecule has 0 radical (unpaired) electrons. The summed E-state index contributed by atoms with van der Waals surface area (Å²) in [5, 5.41) is 3.00. The normalized spacial score (nSPS) is 12.2. The Kier molecular flexibility index (Phi) is 10.9. The fourth-order valence-electron chi connectivity index (χ4n) is 4.62. The van der Waals surface area contributed by atoms with E-state index < -0.39 is 16.1 Å². The van der Waals surface area contributed by atoms with Crippen LogP contribution in [-0.2, 0) is 32.6 Å². The molecule has 0 bridgehead atoms. The topological polar surface area (TPSA) is 86.8 Å². The monoisotopic (exact) mass is 563 g/mol. The summed E-state index contributed by atoms with van der Waals surface area (Å²) in [6, 6.07) is 24.0. The number of hydrogen-bond donors (Lipinski definition) is 1. The number of hydrogen-bond acceptors (Lipinski definition) is 4. The number of nitrogens with one attached hydrogen (secondary N) is 1. The van der Waals surface area contributed by atoms with Crippen LogP contribution in [0.3, 0.4) is 0 Å². The van der Waals surface area contributed by atoms with E-state index in [1.807, 2.05) is 94.4 Å². The highest BCUT2D eigenvalue weighted by Gasteiger charge is 2.31. The molecule has 0 aliphatic carbocycles. The molecule has 3 aromatic rings. The maximum Gasteiger partial charge on any atom is 0.243 e. The molecule has 7 nitrogen and oxygen atoms in total. The lowest BCUT2D eigenvalue weighted by Gasteiger charge is -2.33. The molecule has 0 aliphatic rings. The van der Waals surface area contributed by atoms with E-state index in [-0.39, 0.29) is 37.4 Å². The first-order valence-corrected chi connectivity index (χ1v) is 15.5. The van der Waals surface area contributed by atoms with Gasteiger partial charge in [-0.15, -0.1) is 0 Å². The quantitative estimate of drug-likeness (QED) is 0.317. The van der Waals surface area contributed by atoms with Gasteiger partial charge in [0.15, 0.2) is 0 Å². The fourth-order valence-corrected chi connectivity index (χ4v) is 5.59. The highest BCUT2D eigenvalue weighted by atomic mass is 32.2. The van der Waals surface area contributed by atoms with E-state index in [0.717, 1.165) is 22.3 Å². The molecular formula is C32H41N3O4S. The molecular weight excluding hydrogens is 522 g/mol. The van der Waals surface area contributed by atoms with Gasteiger partial charge in [0.05, 0.1) is 11.9 Å². The fraction of sp³-hybridized carbons (Fsp3) is 0.375. The Morgan fingerprint density at radius 1 is 0.875 bits per heavy atom. The average molecular weight is 564 g/mol. The summed E-state index contributed by atoms with van der Waals surface area (Å²) in [6.07, 6.45) is 1.96. The van der Waals surface area contributed by atoms with Crippen molar-refractivity contribution in [1.29, 1.82) is 0 Å². The molecule has 1 atom stereocenters. The van der Waals surface area contributed by atoms with Gasteiger partial charge in [0.2, 0.25) is 21.8 Å². The molecule has 0 spiro atoms. The summed E-state index contributed by atoms with van der Waals surface area (Å²) in [4.78, 5) is 29.0. The molecule has 1 N–H and O–H groups in total. The Morgan fingerprint density at radius 3 is 2.10 bits per heavy atom. The van der Waals surface area contributed by atoms with Gasteiger partial charge in [-0.2, -0.15) is 0 Å². The summed E-state index contributed by atoms with van der Waals surface area (Å²) in [6.45, 7) is 8.17. The third-order valence-corrected chi connectivity index (χ3v) is 7.97. The second-order valence-corrected chi connectivity index (χ2v) is 12.5. The second-order valence-electron chi connectivity index (χ2n) is 10.6. The van der Waals surface area contributed by atoms with Gasteiger partial charge in [-0.25, -0.2) is 8.42 Å². The van der Waals surface area contributed by atoms with E-state index in [9.17, 15) is 18.0 Å². The Hall–Kier alpha value is -3.65. The number of amides is 2. The summed E-state index contributed by atoms with van der Waals surface area (Å²) in [7, 11) is -3.54. The molecule has 0 fully saturated rings. The zero-order chi connectivity index (χ0) is 29.3. The molecule has 3 aromatic carbocycles. The van der Waals surface area contributed by atoms with Gasteiger partial charge in [-0.3, -0.25) is 13.9 Å². The van der Waals surface area contributed by atoms with Crippen molar-refractivity contribution in [2.75, 3.05) is 17.1 Å². The van der Waals surface area contributed by atoms with Crippen LogP contribution in [0.15, 0.2) is 78.9 Å². The third kappa shape index (κ3) is 8.95. The van der Waals surface area contributed by atoms with Crippen molar-refractivity contribution >= 4 is 27.5 Å². The average Bonchev–Trinajstić information content (AvgIpc) is 2.89. The first-order valence-electron chi connectivity index (χ1n) is 13.7. The Morgan fingerprint density at radius 2 is 1.50 bits per heavy atom. The van der Waals surface area contributed by atoms with Crippen LogP contribution < -0.4 is 9.62 Å². The number of carbonyl (C=O) groups is 2. The van der Waals surface area contributed by atoms with E-state index in [2.05, 4.69) is 5.32 Å². The molecule has 0 unspecified atom stereocenters. The smallest absolute Gasteiger partial charge is 0.243 e. The number of carbonyl (C=O) groups excluding carboxylic acids is 2. The van der Waals surface area contributed by atoms with Crippen molar-refractivity contribution in [2.45, 2.75) is 65.6 Å². The van der Waals surface area contributed by atoms with E-state index in [1.165, 1.54) is 10.6 Å². The maximum atomic E-state index is 13.9. The SMILES string of the molecule is Cc1ccc(N(CCCC(=O)N(Cc2ccccc2C)[C@H](Cc2ccccc2)C(=O)NC(C)C)S(C)(=O)=O)cc1. The molecule has 0 heterocycles. The van der Waals surface area contributed by atoms with Crippen LogP contribution in [0.25, 0.3) is 0 Å². The standard InChI is InChI=1S/C32H41N3O4S/c1-24(2)33-32(37)30(22-27-13-7-6-8-14-27)34(23-28-15-10-9-12-26(28)4)31(36)16-11-21-35(40(5,38)39)29-19-17-25(3)18-20-29/h6-10,12-15,17-20,24,30H,11,16,21-23H2,1-5H3,(H,33,37)/t30-/m1/s1. The highest BCUT2D eigenvalue weighted by molar-refractivity contribution is 7.92. The predicted molar refractivity (Wildman–Crippen MR) is 162 cm³/mol. The van der Waals surface area contributed by atoms with Crippen molar-refractivity contribution in [3.05, 3.63) is 101 Å². The van der Waals surface area contributed by atoms with Crippen molar-refractivity contribution in [1.82, 2.24) is 10.2 Å². The van der Waals surface area contributed by atoms with Gasteiger partial charge < -0.3 is 10.2 Å². The first kappa shape index (κ1) is 30.9. The van der Waals surface area contributed by atoms with Crippen LogP contribution in [0.2, 0.25) is 0 Å². The molecule has 40 heavy (non-hydrogen) atoms. The number of rotatable bonds is 13. The molecule has 3 rings (SSSR count). The lowest BCUT2D eigenvalue weighted by atomic mass is 10.0. The maximum absolute atomic E-state index is 13.9. The molecule has 0 aliphatic heterocycles. The van der Waals surface area contributed by atoms with Gasteiger partial charge in [-0.05, 0) is 62.9 Å². The molecule has 0 saturated heterocycles. The van der Waals surface area contributed by atoms with E-state index in [1.54, 1.807) is 17.0 Å². The van der Waals surface area contributed by atoms with E-state index in [4.69, 9.17) is 0 Å². The summed E-state index contributed by atoms with van der Waals surface area (Å²) < 4.78 is 26.5. The number of nitrogens with zero attached hydrogens (tertiary/aromatic N) is 2. The van der Waals surface area contributed by atoms with Crippen molar-refractivity contribution < 1.29 is 18.0 Å². The first-order chi connectivity index (χ1) is 19.0. The van der Waals surface area contributed by atoms with Crippen LogP contribution in [0.5, 0.6) is 0 Å². The summed E-state index contributed by atoms with van der Waals surface area (Å²) in [5.41, 5.74) is 4.55. The van der Waals surface area contributed by atoms with Crippen molar-refractivity contribution in [3.63, 3.8) is 0 Å². The van der Waals surface area contributed by atoms with Crippen LogP contribution >= 0.6 is 0 Å². The van der Waals surface area contributed by atoms with E-state index in [0.29, 0.717) is 18.5 Å². The van der Waals surface area contributed by atoms with Gasteiger partial charge in [0.25, 0.3) is 0 Å². The highest BCUT2D eigenvalue weighted by Crippen LogP contribution is 2.21. The zero-order valence-electron chi connectivity index (χ0n) is 24.1. The van der Waals surface area contributed by atoms with Crippen LogP contribution in [0.1, 0.15) is 48.9 Å². The van der Waals surface area contributed by atoms with Crippen molar-refractivity contribution in [2.24, 2.45) is 0 Å². The Balaban J connectivity index is 1.88. The second kappa shape index (κ2) is 14.1. The number of benzene rings is 3. The zero-order valence-corrected chi connectivity index (χ0v) is 24.9. The van der Waals surface area contributed by atoms with Crippen LogP contribution in [0, 0.1) is 13.8 Å². The minimum Gasteiger partial charge on any atom is -0.352 e. The van der Waals surface area contributed by atoms with E-state index >= 15 is 0 Å². The van der Waals surface area contributed by atoms with Gasteiger partial charge >= 0.3 is 0 Å². The predicted octanol–water partition coefficient (Wildman–Crippen LogP) is 5.01. The largest absolute Gasteiger partial charge is 0.352 e. The molecule has 2 amide bonds. The molecule has 0 aromatic heterocycles. The van der Waals surface area contributed by atoms with Gasteiger partial charge in [0.1, 0.15) is 6.04 Å². The van der Waals surface area contributed by atoms with Gasteiger partial charge in [0, 0.05) is 32.0 Å². The number of sulfonamides is 1. The Bertz CT molecular complexity index is 1370. The van der Waals surface area contributed by atoms with Crippen LogP contribution in [-0.4, -0.2) is 50.0 Å². The minimum atomic E-state index is -3.54. The lowest BCUT2D eigenvalue weighted by Crippen LogP contribution is -2.52. The molecule has 214 valence electrons. The van der Waals surface area contributed by atoms with Crippen molar-refractivity contribution in [3.8, 4) is 0 Å². The molecule has 8 heteroatoms. The lowest BCUT2D eigenvalue weighted by molar-refractivity contribution is -0.141. The van der Waals surface area contributed by atoms with Gasteiger partial charge in [-0.1, -0.05) is 72.3 Å². The third-order valence-electron chi connectivity index (χ3n) is 6.78.